The van der Waals surface area contributed by atoms with E-state index < -0.39 is 6.10 Å². The fourth-order valence-corrected chi connectivity index (χ4v) is 8.61. The molecule has 0 fully saturated rings. The van der Waals surface area contributed by atoms with Crippen LogP contribution in [0.25, 0.3) is 0 Å². The predicted octanol–water partition coefficient (Wildman–Crippen LogP) is 19.6. The average Bonchev–Trinajstić information content (AvgIpc) is 3.30. The molecule has 0 bridgehead atoms. The van der Waals surface area contributed by atoms with Crippen molar-refractivity contribution in [3.63, 3.8) is 0 Å². The summed E-state index contributed by atoms with van der Waals surface area (Å²) in [5.74, 6) is -0.388. The van der Waals surface area contributed by atoms with Crippen molar-refractivity contribution in [3.05, 3.63) is 24.3 Å². The number of unbranched alkanes of at least 4 members (excludes halogenated alkanes) is 39. The van der Waals surface area contributed by atoms with E-state index in [0.29, 0.717) is 26.1 Å². The summed E-state index contributed by atoms with van der Waals surface area (Å²) >= 11 is 0. The summed E-state index contributed by atoms with van der Waals surface area (Å²) in [6.45, 7) is 7.84. The van der Waals surface area contributed by atoms with Crippen LogP contribution in [0.2, 0.25) is 0 Å². The normalized spacial score (nSPS) is 12.2. The smallest absolute Gasteiger partial charge is 0.306 e. The second-order valence-electron chi connectivity index (χ2n) is 19.5. The van der Waals surface area contributed by atoms with Gasteiger partial charge in [-0.2, -0.15) is 0 Å². The van der Waals surface area contributed by atoms with Gasteiger partial charge in [0.1, 0.15) is 6.61 Å². The Balaban J connectivity index is 4.15. The van der Waals surface area contributed by atoms with Crippen LogP contribution in [-0.2, 0) is 23.8 Å². The summed E-state index contributed by atoms with van der Waals surface area (Å²) in [6.07, 6.45) is 66.3. The Morgan fingerprint density at radius 2 is 0.625 bits per heavy atom. The third-order valence-electron chi connectivity index (χ3n) is 13.0. The van der Waals surface area contributed by atoms with E-state index in [1.165, 1.54) is 238 Å². The lowest BCUT2D eigenvalue weighted by molar-refractivity contribution is -0.163. The lowest BCUT2D eigenvalue weighted by Gasteiger charge is -2.18. The number of hydrogen-bond acceptors (Lipinski definition) is 5. The molecule has 5 heteroatoms. The standard InChI is InChI=1S/C59H112O5/c1-4-7-10-13-16-19-22-24-26-28-29-30-32-34-36-39-42-45-48-51-54-62-55-57(64-59(61)53-50-47-44-41-37-21-18-15-12-9-6-3)56-63-58(60)52-49-46-43-40-38-35-33-31-27-25-23-20-17-14-11-8-5-2/h15,18,24,26,57H,4-14,16-17,19-23,25,27-56H2,1-3H3/b18-15-,26-24-. The van der Waals surface area contributed by atoms with Crippen LogP contribution in [-0.4, -0.2) is 37.9 Å². The molecule has 0 N–H and O–H groups in total. The number of carbonyl (C=O) groups is 2. The largest absolute Gasteiger partial charge is 0.462 e. The van der Waals surface area contributed by atoms with Crippen molar-refractivity contribution < 1.29 is 23.8 Å². The van der Waals surface area contributed by atoms with E-state index in [1.807, 2.05) is 0 Å². The van der Waals surface area contributed by atoms with Gasteiger partial charge in [0.05, 0.1) is 6.61 Å². The molecule has 64 heavy (non-hydrogen) atoms. The average molecular weight is 902 g/mol. The van der Waals surface area contributed by atoms with Crippen molar-refractivity contribution in [1.29, 1.82) is 0 Å². The van der Waals surface area contributed by atoms with Gasteiger partial charge < -0.3 is 14.2 Å². The zero-order valence-electron chi connectivity index (χ0n) is 43.6. The highest BCUT2D eigenvalue weighted by Crippen LogP contribution is 2.16. The van der Waals surface area contributed by atoms with E-state index in [2.05, 4.69) is 45.1 Å². The van der Waals surface area contributed by atoms with Crippen LogP contribution in [0, 0.1) is 0 Å². The van der Waals surface area contributed by atoms with Gasteiger partial charge >= 0.3 is 11.9 Å². The van der Waals surface area contributed by atoms with Crippen molar-refractivity contribution in [2.45, 2.75) is 322 Å². The van der Waals surface area contributed by atoms with E-state index in [4.69, 9.17) is 14.2 Å². The zero-order chi connectivity index (χ0) is 46.3. The molecule has 0 aromatic carbocycles. The quantitative estimate of drug-likeness (QED) is 0.0346. The van der Waals surface area contributed by atoms with Gasteiger partial charge in [-0.05, 0) is 64.2 Å². The number of ether oxygens (including phenoxy) is 3. The first kappa shape index (κ1) is 62.4. The predicted molar refractivity (Wildman–Crippen MR) is 279 cm³/mol. The molecule has 0 radical (unpaired) electrons. The highest BCUT2D eigenvalue weighted by atomic mass is 16.6. The maximum atomic E-state index is 12.8. The first-order valence-corrected chi connectivity index (χ1v) is 28.9. The molecule has 0 spiro atoms. The Kier molecular flexibility index (Phi) is 54.3. The molecule has 1 atom stereocenters. The molecule has 0 heterocycles. The SMILES string of the molecule is CCCC/C=C\CCCCCCCC(=O)OC(COCCCCCCCCCCCC/C=C\CCCCCCCC)COC(=O)CCCCCCCCCCCCCCCCCCC. The molecule has 0 aliphatic heterocycles. The molecule has 0 aliphatic rings. The van der Waals surface area contributed by atoms with E-state index >= 15 is 0 Å². The van der Waals surface area contributed by atoms with Gasteiger partial charge in [-0.25, -0.2) is 0 Å². The van der Waals surface area contributed by atoms with E-state index in [-0.39, 0.29) is 18.5 Å². The van der Waals surface area contributed by atoms with Gasteiger partial charge in [0.2, 0.25) is 0 Å². The molecular weight excluding hydrogens is 789 g/mol. The first-order chi connectivity index (χ1) is 31.6. The fraction of sp³-hybridized carbons (Fsp3) is 0.898. The minimum absolute atomic E-state index is 0.0886. The number of hydrogen-bond donors (Lipinski definition) is 0. The van der Waals surface area contributed by atoms with E-state index in [0.717, 1.165) is 44.9 Å². The van der Waals surface area contributed by atoms with Crippen LogP contribution in [0.4, 0.5) is 0 Å². The number of esters is 2. The molecule has 0 aromatic rings. The van der Waals surface area contributed by atoms with Crippen molar-refractivity contribution in [2.75, 3.05) is 19.8 Å². The zero-order valence-corrected chi connectivity index (χ0v) is 43.6. The molecule has 378 valence electrons. The first-order valence-electron chi connectivity index (χ1n) is 28.9. The number of rotatable bonds is 54. The Labute approximate surface area is 400 Å². The van der Waals surface area contributed by atoms with Crippen molar-refractivity contribution in [3.8, 4) is 0 Å². The van der Waals surface area contributed by atoms with Crippen molar-refractivity contribution in [2.24, 2.45) is 0 Å². The van der Waals surface area contributed by atoms with Crippen LogP contribution < -0.4 is 0 Å². The Hall–Kier alpha value is -1.62. The molecular formula is C59H112O5. The summed E-state index contributed by atoms with van der Waals surface area (Å²) < 4.78 is 17.5. The lowest BCUT2D eigenvalue weighted by atomic mass is 10.0. The van der Waals surface area contributed by atoms with Gasteiger partial charge in [0.15, 0.2) is 6.10 Å². The molecule has 0 rings (SSSR count). The van der Waals surface area contributed by atoms with Gasteiger partial charge in [0, 0.05) is 19.4 Å². The topological polar surface area (TPSA) is 61.8 Å². The van der Waals surface area contributed by atoms with E-state index in [1.54, 1.807) is 0 Å². The Morgan fingerprint density at radius 3 is 1.00 bits per heavy atom. The Bertz CT molecular complexity index is 974. The van der Waals surface area contributed by atoms with Crippen LogP contribution in [0.3, 0.4) is 0 Å². The second kappa shape index (κ2) is 55.7. The molecule has 1 unspecified atom stereocenters. The van der Waals surface area contributed by atoms with Crippen LogP contribution in [0.15, 0.2) is 24.3 Å². The van der Waals surface area contributed by atoms with Gasteiger partial charge in [-0.1, -0.05) is 263 Å². The fourth-order valence-electron chi connectivity index (χ4n) is 8.61. The maximum absolute atomic E-state index is 12.8. The minimum Gasteiger partial charge on any atom is -0.462 e. The maximum Gasteiger partial charge on any atom is 0.306 e. The van der Waals surface area contributed by atoms with E-state index in [9.17, 15) is 9.59 Å². The molecule has 0 saturated carbocycles. The number of carbonyl (C=O) groups excluding carboxylic acids is 2. The van der Waals surface area contributed by atoms with Gasteiger partial charge in [0.25, 0.3) is 0 Å². The highest BCUT2D eigenvalue weighted by molar-refractivity contribution is 5.70. The van der Waals surface area contributed by atoms with Crippen LogP contribution >= 0.6 is 0 Å². The summed E-state index contributed by atoms with van der Waals surface area (Å²) in [5, 5.41) is 0. The Morgan fingerprint density at radius 1 is 0.328 bits per heavy atom. The summed E-state index contributed by atoms with van der Waals surface area (Å²) in [7, 11) is 0. The van der Waals surface area contributed by atoms with Gasteiger partial charge in [-0.3, -0.25) is 9.59 Å². The minimum atomic E-state index is -0.535. The number of allylic oxidation sites excluding steroid dienone is 4. The molecule has 0 amide bonds. The monoisotopic (exact) mass is 901 g/mol. The second-order valence-corrected chi connectivity index (χ2v) is 19.5. The van der Waals surface area contributed by atoms with Crippen LogP contribution in [0.1, 0.15) is 316 Å². The third kappa shape index (κ3) is 53.0. The van der Waals surface area contributed by atoms with Crippen molar-refractivity contribution >= 4 is 11.9 Å². The third-order valence-corrected chi connectivity index (χ3v) is 13.0. The molecule has 0 aromatic heterocycles. The summed E-state index contributed by atoms with van der Waals surface area (Å²) in [5.41, 5.74) is 0. The van der Waals surface area contributed by atoms with Crippen molar-refractivity contribution in [1.82, 2.24) is 0 Å². The molecule has 0 saturated heterocycles. The lowest BCUT2D eigenvalue weighted by Crippen LogP contribution is -2.30. The van der Waals surface area contributed by atoms with Gasteiger partial charge in [-0.15, -0.1) is 0 Å². The summed E-state index contributed by atoms with van der Waals surface area (Å²) in [4.78, 5) is 25.4. The summed E-state index contributed by atoms with van der Waals surface area (Å²) in [6, 6.07) is 0. The molecule has 0 aliphatic carbocycles. The highest BCUT2D eigenvalue weighted by Gasteiger charge is 2.17. The molecule has 5 nitrogen and oxygen atoms in total. The van der Waals surface area contributed by atoms with Crippen LogP contribution in [0.5, 0.6) is 0 Å².